The Kier molecular flexibility index (Phi) is 5.82. The Morgan fingerprint density at radius 1 is 1.24 bits per heavy atom. The molecule has 29 heavy (non-hydrogen) atoms. The van der Waals surface area contributed by atoms with Gasteiger partial charge in [-0.25, -0.2) is 0 Å². The molecule has 0 radical (unpaired) electrons. The molecule has 0 saturated heterocycles. The molecule has 3 aliphatic rings. The summed E-state index contributed by atoms with van der Waals surface area (Å²) in [5.41, 5.74) is -2.03. The summed E-state index contributed by atoms with van der Waals surface area (Å²) in [4.78, 5) is 13.4. The first-order chi connectivity index (χ1) is 13.3. The minimum atomic E-state index is -4.64. The highest BCUT2D eigenvalue weighted by Gasteiger charge is 2.61. The van der Waals surface area contributed by atoms with Gasteiger partial charge in [-0.05, 0) is 80.5 Å². The van der Waals surface area contributed by atoms with Gasteiger partial charge >= 0.3 is 6.18 Å². The fourth-order valence-electron chi connectivity index (χ4n) is 7.45. The van der Waals surface area contributed by atoms with E-state index in [0.29, 0.717) is 18.3 Å². The summed E-state index contributed by atoms with van der Waals surface area (Å²) in [6.45, 7) is 11.9. The highest BCUT2D eigenvalue weighted by molar-refractivity contribution is 5.84. The van der Waals surface area contributed by atoms with E-state index in [1.165, 1.54) is 6.92 Å². The van der Waals surface area contributed by atoms with Gasteiger partial charge in [0.1, 0.15) is 5.78 Å². The third-order valence-corrected chi connectivity index (χ3v) is 9.11. The monoisotopic (exact) mass is 414 g/mol. The lowest BCUT2D eigenvalue weighted by Gasteiger charge is -2.56. The fourth-order valence-corrected chi connectivity index (χ4v) is 7.45. The largest absolute Gasteiger partial charge is 0.417 e. The molecule has 0 aliphatic heterocycles. The Morgan fingerprint density at radius 3 is 2.45 bits per heavy atom. The summed E-state index contributed by atoms with van der Waals surface area (Å²) in [5, 5.41) is 10.2. The minimum Gasteiger partial charge on any atom is -0.380 e. The van der Waals surface area contributed by atoms with E-state index in [1.54, 1.807) is 0 Å². The zero-order valence-electron chi connectivity index (χ0n) is 18.4. The average Bonchev–Trinajstić information content (AvgIpc) is 2.95. The third kappa shape index (κ3) is 3.59. The number of rotatable bonds is 5. The quantitative estimate of drug-likeness (QED) is 0.523. The van der Waals surface area contributed by atoms with Crippen LogP contribution in [0.15, 0.2) is 12.2 Å². The zero-order chi connectivity index (χ0) is 21.8. The van der Waals surface area contributed by atoms with Gasteiger partial charge in [-0.15, -0.1) is 0 Å². The Morgan fingerprint density at radius 2 is 1.90 bits per heavy atom. The Labute approximate surface area is 173 Å². The molecule has 3 rings (SSSR count). The molecule has 0 aromatic heterocycles. The SMILES string of the molecule is C=C(C)[C@H]1CC[C@H]2[C@@H]3CCC[C@](C)(CC[C@](O)(CC)C(F)(F)F)[C@H]3C(=O)C[C@]12C. The number of Topliss-reactive ketones (excluding diaryl/α,β-unsaturated/α-hetero) is 1. The van der Waals surface area contributed by atoms with Crippen LogP contribution in [0.5, 0.6) is 0 Å². The van der Waals surface area contributed by atoms with E-state index >= 15 is 0 Å². The van der Waals surface area contributed by atoms with Crippen LogP contribution in [-0.4, -0.2) is 22.7 Å². The van der Waals surface area contributed by atoms with Crippen molar-refractivity contribution in [3.8, 4) is 0 Å². The molecular weight excluding hydrogens is 377 g/mol. The first kappa shape index (κ1) is 22.8. The molecule has 7 atom stereocenters. The number of hydrogen-bond acceptors (Lipinski definition) is 2. The molecule has 166 valence electrons. The molecule has 0 unspecified atom stereocenters. The first-order valence-electron chi connectivity index (χ1n) is 11.3. The van der Waals surface area contributed by atoms with E-state index in [0.717, 1.165) is 37.7 Å². The van der Waals surface area contributed by atoms with Crippen LogP contribution in [0.25, 0.3) is 0 Å². The number of hydrogen-bond donors (Lipinski definition) is 1. The van der Waals surface area contributed by atoms with Crippen molar-refractivity contribution in [3.05, 3.63) is 12.2 Å². The standard InChI is InChI=1S/C24H37F3O2/c1-6-23(29,24(25,26)27)13-12-21(4)11-7-8-16-18-10-9-17(15(2)3)22(18,5)14-19(28)20(16)21/h16-18,20,29H,2,6-14H2,1,3-5H3/t16-,17+,18-,20+,21+,22+,23+/m0/s1. The van der Waals surface area contributed by atoms with E-state index < -0.39 is 17.2 Å². The van der Waals surface area contributed by atoms with Crippen LogP contribution in [0.3, 0.4) is 0 Å². The summed E-state index contributed by atoms with van der Waals surface area (Å²) in [5.74, 6) is 1.12. The van der Waals surface area contributed by atoms with Crippen LogP contribution in [0.1, 0.15) is 85.5 Å². The van der Waals surface area contributed by atoms with Crippen molar-refractivity contribution in [2.24, 2.45) is 34.5 Å². The maximum absolute atomic E-state index is 13.4. The van der Waals surface area contributed by atoms with Crippen LogP contribution in [0.2, 0.25) is 0 Å². The number of allylic oxidation sites excluding steroid dienone is 1. The van der Waals surface area contributed by atoms with Crippen LogP contribution < -0.4 is 0 Å². The van der Waals surface area contributed by atoms with E-state index in [9.17, 15) is 23.1 Å². The highest BCUT2D eigenvalue weighted by Crippen LogP contribution is 2.65. The molecule has 0 amide bonds. The summed E-state index contributed by atoms with van der Waals surface area (Å²) in [7, 11) is 0. The second kappa shape index (κ2) is 7.39. The van der Waals surface area contributed by atoms with Crippen molar-refractivity contribution in [3.63, 3.8) is 0 Å². The fraction of sp³-hybridized carbons (Fsp3) is 0.875. The molecule has 0 aromatic carbocycles. The molecule has 3 aliphatic carbocycles. The maximum Gasteiger partial charge on any atom is 0.417 e. The van der Waals surface area contributed by atoms with Crippen LogP contribution in [0.4, 0.5) is 13.2 Å². The smallest absolute Gasteiger partial charge is 0.380 e. The molecule has 1 N–H and O–H groups in total. The predicted molar refractivity (Wildman–Crippen MR) is 108 cm³/mol. The van der Waals surface area contributed by atoms with Gasteiger partial charge in [-0.3, -0.25) is 4.79 Å². The van der Waals surface area contributed by atoms with Crippen molar-refractivity contribution in [1.29, 1.82) is 0 Å². The van der Waals surface area contributed by atoms with Gasteiger partial charge in [0.25, 0.3) is 0 Å². The van der Waals surface area contributed by atoms with Crippen molar-refractivity contribution in [2.45, 2.75) is 97.3 Å². The molecule has 0 heterocycles. The van der Waals surface area contributed by atoms with Crippen molar-refractivity contribution >= 4 is 5.78 Å². The van der Waals surface area contributed by atoms with E-state index in [4.69, 9.17) is 0 Å². The Balaban J connectivity index is 1.86. The number of ketones is 1. The molecule has 0 bridgehead atoms. The number of carbonyl (C=O) groups excluding carboxylic acids is 1. The Hall–Kier alpha value is -0.840. The van der Waals surface area contributed by atoms with Crippen molar-refractivity contribution in [1.82, 2.24) is 0 Å². The number of carbonyl (C=O) groups is 1. The molecule has 0 aromatic rings. The van der Waals surface area contributed by atoms with E-state index in [1.807, 2.05) is 6.92 Å². The second-order valence-corrected chi connectivity index (χ2v) is 10.8. The predicted octanol–water partition coefficient (Wildman–Crippen LogP) is 6.47. The lowest BCUT2D eigenvalue weighted by Crippen LogP contribution is -2.54. The van der Waals surface area contributed by atoms with Gasteiger partial charge in [-0.2, -0.15) is 13.2 Å². The van der Waals surface area contributed by atoms with Crippen LogP contribution in [0, 0.1) is 34.5 Å². The summed E-state index contributed by atoms with van der Waals surface area (Å²) < 4.78 is 40.2. The summed E-state index contributed by atoms with van der Waals surface area (Å²) in [6.07, 6.45) is 0.310. The van der Waals surface area contributed by atoms with Gasteiger partial charge in [0, 0.05) is 12.3 Å². The van der Waals surface area contributed by atoms with Crippen LogP contribution in [-0.2, 0) is 4.79 Å². The van der Waals surface area contributed by atoms with Gasteiger partial charge in [0.15, 0.2) is 5.60 Å². The first-order valence-corrected chi connectivity index (χ1v) is 11.3. The lowest BCUT2D eigenvalue weighted by molar-refractivity contribution is -0.266. The van der Waals surface area contributed by atoms with Crippen molar-refractivity contribution in [2.75, 3.05) is 0 Å². The van der Waals surface area contributed by atoms with Gasteiger partial charge in [-0.1, -0.05) is 39.3 Å². The lowest BCUT2D eigenvalue weighted by atomic mass is 9.48. The van der Waals surface area contributed by atoms with Crippen molar-refractivity contribution < 1.29 is 23.1 Å². The molecule has 5 heteroatoms. The van der Waals surface area contributed by atoms with Gasteiger partial charge in [0.2, 0.25) is 0 Å². The maximum atomic E-state index is 13.4. The second-order valence-electron chi connectivity index (χ2n) is 10.8. The number of fused-ring (bicyclic) bond motifs is 3. The topological polar surface area (TPSA) is 37.3 Å². The molecule has 2 nitrogen and oxygen atoms in total. The van der Waals surface area contributed by atoms with E-state index in [2.05, 4.69) is 20.4 Å². The zero-order valence-corrected chi connectivity index (χ0v) is 18.4. The van der Waals surface area contributed by atoms with E-state index in [-0.39, 0.29) is 42.3 Å². The average molecular weight is 415 g/mol. The minimum absolute atomic E-state index is 0.0571. The summed E-state index contributed by atoms with van der Waals surface area (Å²) >= 11 is 0. The van der Waals surface area contributed by atoms with Gasteiger partial charge in [0.05, 0.1) is 0 Å². The number of alkyl halides is 3. The summed E-state index contributed by atoms with van der Waals surface area (Å²) in [6, 6.07) is 0. The van der Waals surface area contributed by atoms with Crippen LogP contribution >= 0.6 is 0 Å². The normalized spacial score (nSPS) is 42.1. The number of aliphatic hydroxyl groups is 1. The molecule has 0 spiro atoms. The molecule has 3 fully saturated rings. The highest BCUT2D eigenvalue weighted by atomic mass is 19.4. The third-order valence-electron chi connectivity index (χ3n) is 9.11. The van der Waals surface area contributed by atoms with Gasteiger partial charge < -0.3 is 5.11 Å². The Bertz CT molecular complexity index is 672. The molecule has 3 saturated carbocycles. The number of halogens is 3. The molecular formula is C24H37F3O2.